The molecule has 0 spiro atoms. The lowest BCUT2D eigenvalue weighted by molar-refractivity contribution is 0.0716. The van der Waals surface area contributed by atoms with Crippen molar-refractivity contribution in [3.05, 3.63) is 74.9 Å². The van der Waals surface area contributed by atoms with Crippen molar-refractivity contribution in [1.29, 1.82) is 0 Å². The lowest BCUT2D eigenvalue weighted by Gasteiger charge is -2.26. The van der Waals surface area contributed by atoms with Gasteiger partial charge in [-0.25, -0.2) is 0 Å². The van der Waals surface area contributed by atoms with E-state index in [1.54, 1.807) is 41.6 Å². The zero-order valence-corrected chi connectivity index (χ0v) is 15.7. The lowest BCUT2D eigenvalue weighted by atomic mass is 10.00. The second-order valence-electron chi connectivity index (χ2n) is 6.81. The summed E-state index contributed by atoms with van der Waals surface area (Å²) in [5.41, 5.74) is 1.25. The summed E-state index contributed by atoms with van der Waals surface area (Å²) in [5.74, 6) is -0.183. The van der Waals surface area contributed by atoms with E-state index in [0.717, 1.165) is 5.56 Å². The maximum Gasteiger partial charge on any atom is 0.290 e. The molecule has 7 heteroatoms. The maximum absolute atomic E-state index is 13.3. The molecule has 1 aromatic carbocycles. The number of carbonyl (C=O) groups excluding carboxylic acids is 1. The second kappa shape index (κ2) is 6.79. The van der Waals surface area contributed by atoms with Crippen molar-refractivity contribution in [1.82, 2.24) is 14.8 Å². The van der Waals surface area contributed by atoms with Gasteiger partial charge in [-0.05, 0) is 43.9 Å². The van der Waals surface area contributed by atoms with E-state index in [1.807, 2.05) is 25.1 Å². The standard InChI is InChI=1S/C20H18ClN3O3/c1-23(2)8-9-24-17(12-4-3-7-22-11-12)16-18(25)14-10-13(21)5-6-15(14)27-19(16)20(24)26/h3-7,10-11,17H,8-9H2,1-2H3/t17-/m1/s1. The summed E-state index contributed by atoms with van der Waals surface area (Å²) in [6.45, 7) is 1.13. The summed E-state index contributed by atoms with van der Waals surface area (Å²) in [5, 5.41) is 0.818. The van der Waals surface area contributed by atoms with Crippen molar-refractivity contribution in [3.8, 4) is 0 Å². The largest absolute Gasteiger partial charge is 0.450 e. The Morgan fingerprint density at radius 1 is 1.26 bits per heavy atom. The summed E-state index contributed by atoms with van der Waals surface area (Å²) in [7, 11) is 3.87. The van der Waals surface area contributed by atoms with E-state index in [4.69, 9.17) is 16.0 Å². The van der Waals surface area contributed by atoms with E-state index >= 15 is 0 Å². The van der Waals surface area contributed by atoms with Gasteiger partial charge in [0.25, 0.3) is 5.91 Å². The Morgan fingerprint density at radius 3 is 2.78 bits per heavy atom. The van der Waals surface area contributed by atoms with Gasteiger partial charge in [-0.2, -0.15) is 0 Å². The molecule has 0 aliphatic carbocycles. The monoisotopic (exact) mass is 383 g/mol. The number of fused-ring (bicyclic) bond motifs is 2. The van der Waals surface area contributed by atoms with Crippen LogP contribution in [0.5, 0.6) is 0 Å². The van der Waals surface area contributed by atoms with Crippen LogP contribution < -0.4 is 5.43 Å². The SMILES string of the molecule is CN(C)CCN1C(=O)c2oc3ccc(Cl)cc3c(=O)c2[C@H]1c1cccnc1. The summed E-state index contributed by atoms with van der Waals surface area (Å²) in [6, 6.07) is 7.97. The Labute approximate surface area is 161 Å². The minimum atomic E-state index is -0.527. The van der Waals surface area contributed by atoms with Crippen LogP contribution in [0.25, 0.3) is 11.0 Å². The van der Waals surface area contributed by atoms with Gasteiger partial charge < -0.3 is 14.2 Å². The molecule has 1 aliphatic heterocycles. The molecular weight excluding hydrogens is 366 g/mol. The number of halogens is 1. The number of amides is 1. The highest BCUT2D eigenvalue weighted by atomic mass is 35.5. The van der Waals surface area contributed by atoms with Crippen molar-refractivity contribution in [2.75, 3.05) is 27.2 Å². The van der Waals surface area contributed by atoms with Crippen LogP contribution in [0.4, 0.5) is 0 Å². The zero-order chi connectivity index (χ0) is 19.1. The van der Waals surface area contributed by atoms with E-state index < -0.39 is 6.04 Å². The van der Waals surface area contributed by atoms with E-state index in [-0.39, 0.29) is 17.1 Å². The Hall–Kier alpha value is -2.70. The third kappa shape index (κ3) is 3.01. The highest BCUT2D eigenvalue weighted by Gasteiger charge is 2.42. The fourth-order valence-corrected chi connectivity index (χ4v) is 3.59. The van der Waals surface area contributed by atoms with Crippen LogP contribution in [-0.4, -0.2) is 47.9 Å². The number of nitrogens with zero attached hydrogens (tertiary/aromatic N) is 3. The van der Waals surface area contributed by atoms with Crippen molar-refractivity contribution in [2.24, 2.45) is 0 Å². The fourth-order valence-electron chi connectivity index (χ4n) is 3.42. The summed E-state index contributed by atoms with van der Waals surface area (Å²) >= 11 is 6.06. The Kier molecular flexibility index (Phi) is 4.45. The number of pyridine rings is 1. The summed E-state index contributed by atoms with van der Waals surface area (Å²) in [6.07, 6.45) is 3.34. The van der Waals surface area contributed by atoms with Gasteiger partial charge in [-0.15, -0.1) is 0 Å². The average molecular weight is 384 g/mol. The number of carbonyl (C=O) groups is 1. The molecule has 3 heterocycles. The number of hydrogen-bond donors (Lipinski definition) is 0. The molecular formula is C20H18ClN3O3. The molecule has 0 bridgehead atoms. The second-order valence-corrected chi connectivity index (χ2v) is 7.24. The molecule has 0 unspecified atom stereocenters. The van der Waals surface area contributed by atoms with Gasteiger partial charge in [0.1, 0.15) is 5.58 Å². The fraction of sp³-hybridized carbons (Fsp3) is 0.250. The third-order valence-corrected chi connectivity index (χ3v) is 4.95. The third-order valence-electron chi connectivity index (χ3n) is 4.72. The van der Waals surface area contributed by atoms with E-state index in [2.05, 4.69) is 4.98 Å². The Bertz CT molecular complexity index is 1080. The smallest absolute Gasteiger partial charge is 0.290 e. The molecule has 0 saturated heterocycles. The number of rotatable bonds is 4. The highest BCUT2D eigenvalue weighted by molar-refractivity contribution is 6.31. The van der Waals surface area contributed by atoms with Crippen LogP contribution in [0, 0.1) is 0 Å². The molecule has 1 aliphatic rings. The van der Waals surface area contributed by atoms with Gasteiger partial charge in [0.15, 0.2) is 5.43 Å². The van der Waals surface area contributed by atoms with Gasteiger partial charge in [0.05, 0.1) is 17.0 Å². The number of benzene rings is 1. The predicted molar refractivity (Wildman–Crippen MR) is 103 cm³/mol. The molecule has 3 aromatic rings. The highest BCUT2D eigenvalue weighted by Crippen LogP contribution is 2.37. The van der Waals surface area contributed by atoms with Gasteiger partial charge >= 0.3 is 0 Å². The molecule has 0 fully saturated rings. The van der Waals surface area contributed by atoms with E-state index in [1.165, 1.54) is 0 Å². The van der Waals surface area contributed by atoms with E-state index in [0.29, 0.717) is 34.6 Å². The molecule has 6 nitrogen and oxygen atoms in total. The lowest BCUT2D eigenvalue weighted by Crippen LogP contribution is -2.35. The first-order valence-electron chi connectivity index (χ1n) is 8.59. The number of aromatic nitrogens is 1. The van der Waals surface area contributed by atoms with Gasteiger partial charge in [0, 0.05) is 30.5 Å². The first-order chi connectivity index (χ1) is 13.0. The van der Waals surface area contributed by atoms with Crippen molar-refractivity contribution < 1.29 is 9.21 Å². The normalized spacial score (nSPS) is 16.4. The van der Waals surface area contributed by atoms with Crippen LogP contribution in [0.3, 0.4) is 0 Å². The van der Waals surface area contributed by atoms with Crippen molar-refractivity contribution >= 4 is 28.5 Å². The topological polar surface area (TPSA) is 66.7 Å². The number of hydrogen-bond acceptors (Lipinski definition) is 5. The Morgan fingerprint density at radius 2 is 2.07 bits per heavy atom. The minimum Gasteiger partial charge on any atom is -0.450 e. The van der Waals surface area contributed by atoms with Gasteiger partial charge in [-0.3, -0.25) is 14.6 Å². The minimum absolute atomic E-state index is 0.0995. The zero-order valence-electron chi connectivity index (χ0n) is 15.0. The molecule has 0 N–H and O–H groups in total. The first kappa shape index (κ1) is 17.7. The molecule has 27 heavy (non-hydrogen) atoms. The quantitative estimate of drug-likeness (QED) is 0.693. The number of likely N-dealkylation sites (N-methyl/N-ethyl adjacent to an activating group) is 1. The van der Waals surface area contributed by atoms with Crippen LogP contribution >= 0.6 is 11.6 Å². The molecule has 0 saturated carbocycles. The average Bonchev–Trinajstić information content (AvgIpc) is 2.94. The molecule has 138 valence electrons. The van der Waals surface area contributed by atoms with Crippen LogP contribution in [0.1, 0.15) is 27.7 Å². The van der Waals surface area contributed by atoms with Gasteiger partial charge in [-0.1, -0.05) is 17.7 Å². The first-order valence-corrected chi connectivity index (χ1v) is 8.97. The van der Waals surface area contributed by atoms with Crippen molar-refractivity contribution in [3.63, 3.8) is 0 Å². The van der Waals surface area contributed by atoms with Crippen LogP contribution in [0.2, 0.25) is 5.02 Å². The molecule has 0 radical (unpaired) electrons. The maximum atomic E-state index is 13.3. The molecule has 4 rings (SSSR count). The molecule has 2 aromatic heterocycles. The molecule has 1 atom stereocenters. The summed E-state index contributed by atoms with van der Waals surface area (Å²) < 4.78 is 5.86. The summed E-state index contributed by atoms with van der Waals surface area (Å²) in [4.78, 5) is 34.2. The van der Waals surface area contributed by atoms with Crippen LogP contribution in [0.15, 0.2) is 51.9 Å². The molecule has 1 amide bonds. The van der Waals surface area contributed by atoms with Crippen LogP contribution in [-0.2, 0) is 0 Å². The van der Waals surface area contributed by atoms with Gasteiger partial charge in [0.2, 0.25) is 5.76 Å². The predicted octanol–water partition coefficient (Wildman–Crippen LogP) is 2.95. The van der Waals surface area contributed by atoms with Crippen molar-refractivity contribution in [2.45, 2.75) is 6.04 Å². The van der Waals surface area contributed by atoms with E-state index in [9.17, 15) is 9.59 Å². The Balaban J connectivity index is 1.95.